The van der Waals surface area contributed by atoms with Crippen molar-refractivity contribution in [2.45, 2.75) is 32.8 Å². The van der Waals surface area contributed by atoms with E-state index in [1.807, 2.05) is 78.9 Å². The van der Waals surface area contributed by atoms with Crippen LogP contribution < -0.4 is 9.47 Å². The van der Waals surface area contributed by atoms with Crippen LogP contribution in [0.25, 0.3) is 11.1 Å². The highest BCUT2D eigenvalue weighted by molar-refractivity contribution is 5.93. The zero-order valence-corrected chi connectivity index (χ0v) is 20.3. The molecule has 4 heteroatoms. The second-order valence-electron chi connectivity index (χ2n) is 8.86. The van der Waals surface area contributed by atoms with E-state index in [1.54, 1.807) is 13.2 Å². The van der Waals surface area contributed by atoms with Crippen molar-refractivity contribution in [3.05, 3.63) is 119 Å². The molecule has 0 aromatic heterocycles. The van der Waals surface area contributed by atoms with E-state index in [0.717, 1.165) is 22.3 Å². The lowest BCUT2D eigenvalue weighted by Gasteiger charge is -2.19. The third-order valence-electron chi connectivity index (χ3n) is 6.09. The van der Waals surface area contributed by atoms with E-state index in [0.29, 0.717) is 41.6 Å². The highest BCUT2D eigenvalue weighted by atomic mass is 16.5. The molecule has 4 rings (SSSR count). The van der Waals surface area contributed by atoms with Crippen molar-refractivity contribution < 1.29 is 19.4 Å². The molecular formula is C31H30O4. The first kappa shape index (κ1) is 24.1. The van der Waals surface area contributed by atoms with Crippen LogP contribution in [0.5, 0.6) is 11.5 Å². The van der Waals surface area contributed by atoms with Gasteiger partial charge in [-0.05, 0) is 58.9 Å². The Balaban J connectivity index is 1.87. The SMILES string of the molecule is COc1ccc(C(C)C)cc1-c1cc(C(=O)O)c(Cc2ccccc2)cc1OCc1ccccc1. The monoisotopic (exact) mass is 466 g/mol. The van der Waals surface area contributed by atoms with Gasteiger partial charge in [0, 0.05) is 11.1 Å². The predicted molar refractivity (Wildman–Crippen MR) is 140 cm³/mol. The van der Waals surface area contributed by atoms with Gasteiger partial charge in [-0.3, -0.25) is 0 Å². The molecule has 0 bridgehead atoms. The Morgan fingerprint density at radius 3 is 2.03 bits per heavy atom. The van der Waals surface area contributed by atoms with Gasteiger partial charge in [-0.1, -0.05) is 80.6 Å². The van der Waals surface area contributed by atoms with E-state index in [-0.39, 0.29) is 5.56 Å². The van der Waals surface area contributed by atoms with Gasteiger partial charge in [-0.25, -0.2) is 4.79 Å². The number of benzene rings is 4. The van der Waals surface area contributed by atoms with Gasteiger partial charge in [0.25, 0.3) is 0 Å². The van der Waals surface area contributed by atoms with Gasteiger partial charge in [0.2, 0.25) is 0 Å². The first-order chi connectivity index (χ1) is 17.0. The molecule has 4 aromatic rings. The van der Waals surface area contributed by atoms with E-state index in [1.165, 1.54) is 0 Å². The van der Waals surface area contributed by atoms with Gasteiger partial charge in [0.15, 0.2) is 0 Å². The first-order valence-electron chi connectivity index (χ1n) is 11.8. The fourth-order valence-corrected chi connectivity index (χ4v) is 4.14. The first-order valence-corrected chi connectivity index (χ1v) is 11.8. The minimum absolute atomic E-state index is 0.257. The molecule has 0 saturated carbocycles. The molecule has 178 valence electrons. The molecule has 0 saturated heterocycles. The summed E-state index contributed by atoms with van der Waals surface area (Å²) in [5.74, 6) is 0.644. The zero-order chi connectivity index (χ0) is 24.8. The maximum atomic E-state index is 12.3. The number of carbonyl (C=O) groups is 1. The molecule has 0 heterocycles. The molecule has 0 fully saturated rings. The van der Waals surface area contributed by atoms with Crippen LogP contribution >= 0.6 is 0 Å². The normalized spacial score (nSPS) is 10.9. The minimum atomic E-state index is -0.967. The van der Waals surface area contributed by atoms with Crippen molar-refractivity contribution in [2.24, 2.45) is 0 Å². The fourth-order valence-electron chi connectivity index (χ4n) is 4.14. The third kappa shape index (κ3) is 5.72. The van der Waals surface area contributed by atoms with E-state index in [2.05, 4.69) is 19.9 Å². The Bertz CT molecular complexity index is 1290. The zero-order valence-electron chi connectivity index (χ0n) is 20.3. The van der Waals surface area contributed by atoms with Crippen molar-refractivity contribution in [3.63, 3.8) is 0 Å². The molecule has 0 aliphatic carbocycles. The Hall–Kier alpha value is -4.05. The van der Waals surface area contributed by atoms with E-state index in [9.17, 15) is 9.90 Å². The second kappa shape index (κ2) is 10.9. The highest BCUT2D eigenvalue weighted by Crippen LogP contribution is 2.40. The molecule has 0 aliphatic rings. The summed E-state index contributed by atoms with van der Waals surface area (Å²) in [7, 11) is 1.63. The van der Waals surface area contributed by atoms with Gasteiger partial charge in [-0.15, -0.1) is 0 Å². The van der Waals surface area contributed by atoms with Crippen LogP contribution in [0.15, 0.2) is 91.0 Å². The molecule has 0 radical (unpaired) electrons. The maximum absolute atomic E-state index is 12.3. The number of methoxy groups -OCH3 is 1. The summed E-state index contributed by atoms with van der Waals surface area (Å²) in [5.41, 5.74) is 5.69. The fraction of sp³-hybridized carbons (Fsp3) is 0.194. The highest BCUT2D eigenvalue weighted by Gasteiger charge is 2.20. The maximum Gasteiger partial charge on any atom is 0.336 e. The third-order valence-corrected chi connectivity index (χ3v) is 6.09. The van der Waals surface area contributed by atoms with E-state index < -0.39 is 5.97 Å². The van der Waals surface area contributed by atoms with E-state index in [4.69, 9.17) is 9.47 Å². The summed E-state index contributed by atoms with van der Waals surface area (Å²) in [4.78, 5) is 12.3. The van der Waals surface area contributed by atoms with Crippen LogP contribution in [0, 0.1) is 0 Å². The molecule has 1 N–H and O–H groups in total. The quantitative estimate of drug-likeness (QED) is 0.280. The van der Waals surface area contributed by atoms with E-state index >= 15 is 0 Å². The van der Waals surface area contributed by atoms with Gasteiger partial charge in [0.05, 0.1) is 12.7 Å². The van der Waals surface area contributed by atoms with Crippen molar-refractivity contribution >= 4 is 5.97 Å². The smallest absolute Gasteiger partial charge is 0.336 e. The van der Waals surface area contributed by atoms with Gasteiger partial charge >= 0.3 is 5.97 Å². The van der Waals surface area contributed by atoms with Crippen molar-refractivity contribution in [2.75, 3.05) is 7.11 Å². The summed E-state index contributed by atoms with van der Waals surface area (Å²) in [6.45, 7) is 4.63. The lowest BCUT2D eigenvalue weighted by molar-refractivity contribution is 0.0696. The lowest BCUT2D eigenvalue weighted by Crippen LogP contribution is -2.07. The standard InChI is InChI=1S/C31H30O4/c1-21(2)24-14-15-29(34-3)27(17-24)28-19-26(31(32)33)25(16-22-10-6-4-7-11-22)18-30(28)35-20-23-12-8-5-9-13-23/h4-15,17-19,21H,16,20H2,1-3H3,(H,32,33). The lowest BCUT2D eigenvalue weighted by atomic mass is 9.91. The summed E-state index contributed by atoms with van der Waals surface area (Å²) in [5, 5.41) is 10.1. The van der Waals surface area contributed by atoms with Crippen molar-refractivity contribution in [3.8, 4) is 22.6 Å². The number of hydrogen-bond donors (Lipinski definition) is 1. The Kier molecular flexibility index (Phi) is 7.51. The van der Waals surface area contributed by atoms with Gasteiger partial charge in [-0.2, -0.15) is 0 Å². The van der Waals surface area contributed by atoms with Crippen LogP contribution in [0.3, 0.4) is 0 Å². The largest absolute Gasteiger partial charge is 0.496 e. The number of carboxylic acids is 1. The van der Waals surface area contributed by atoms with Gasteiger partial charge < -0.3 is 14.6 Å². The topological polar surface area (TPSA) is 55.8 Å². The molecule has 0 spiro atoms. The molecular weight excluding hydrogens is 436 g/mol. The molecule has 0 aliphatic heterocycles. The predicted octanol–water partition coefficient (Wildman–Crippen LogP) is 7.35. The number of ether oxygens (including phenoxy) is 2. The van der Waals surface area contributed by atoms with Crippen LogP contribution in [-0.4, -0.2) is 18.2 Å². The number of carboxylic acid groups (broad SMARTS) is 1. The average Bonchev–Trinajstić information content (AvgIpc) is 2.88. The minimum Gasteiger partial charge on any atom is -0.496 e. The Morgan fingerprint density at radius 1 is 0.800 bits per heavy atom. The number of aromatic carboxylic acids is 1. The molecule has 0 amide bonds. The molecule has 0 atom stereocenters. The number of rotatable bonds is 9. The van der Waals surface area contributed by atoms with Crippen LogP contribution in [-0.2, 0) is 13.0 Å². The summed E-state index contributed by atoms with van der Waals surface area (Å²) in [6, 6.07) is 29.4. The van der Waals surface area contributed by atoms with Crippen molar-refractivity contribution in [1.82, 2.24) is 0 Å². The second-order valence-corrected chi connectivity index (χ2v) is 8.86. The Labute approximate surface area is 206 Å². The average molecular weight is 467 g/mol. The Morgan fingerprint density at radius 2 is 1.43 bits per heavy atom. The van der Waals surface area contributed by atoms with Crippen LogP contribution in [0.2, 0.25) is 0 Å². The number of hydrogen-bond acceptors (Lipinski definition) is 3. The molecule has 35 heavy (non-hydrogen) atoms. The molecule has 4 nitrogen and oxygen atoms in total. The molecule has 4 aromatic carbocycles. The van der Waals surface area contributed by atoms with Crippen LogP contribution in [0.1, 0.15) is 52.4 Å². The summed E-state index contributed by atoms with van der Waals surface area (Å²) < 4.78 is 12.0. The van der Waals surface area contributed by atoms with Gasteiger partial charge in [0.1, 0.15) is 18.1 Å². The van der Waals surface area contributed by atoms with Crippen LogP contribution in [0.4, 0.5) is 0 Å². The molecule has 0 unspecified atom stereocenters. The summed E-state index contributed by atoms with van der Waals surface area (Å²) >= 11 is 0. The van der Waals surface area contributed by atoms with Crippen molar-refractivity contribution in [1.29, 1.82) is 0 Å². The summed E-state index contributed by atoms with van der Waals surface area (Å²) in [6.07, 6.45) is 0.494.